The number of amides is 1. The second-order valence-corrected chi connectivity index (χ2v) is 4.27. The van der Waals surface area contributed by atoms with Crippen molar-refractivity contribution in [2.45, 2.75) is 6.54 Å². The van der Waals surface area contributed by atoms with E-state index in [1.165, 1.54) is 18.2 Å². The first-order valence-electron chi connectivity index (χ1n) is 4.88. The maximum Gasteiger partial charge on any atom is 0.252 e. The van der Waals surface area contributed by atoms with Crippen LogP contribution in [0.2, 0.25) is 0 Å². The zero-order valence-electron chi connectivity index (χ0n) is 8.71. The molecule has 0 saturated carbocycles. The van der Waals surface area contributed by atoms with Crippen LogP contribution in [0.1, 0.15) is 15.9 Å². The Labute approximate surface area is 105 Å². The SMILES string of the molecule is O=C(NCc1cn[nH]c1)c1ccc(F)cc1Br. The molecule has 0 unspecified atom stereocenters. The number of nitrogens with one attached hydrogen (secondary N) is 2. The highest BCUT2D eigenvalue weighted by molar-refractivity contribution is 9.10. The molecule has 1 aromatic carbocycles. The molecule has 2 N–H and O–H groups in total. The third-order valence-corrected chi connectivity index (χ3v) is 2.84. The van der Waals surface area contributed by atoms with Crippen molar-refractivity contribution < 1.29 is 9.18 Å². The van der Waals surface area contributed by atoms with Crippen LogP contribution in [0.4, 0.5) is 4.39 Å². The quantitative estimate of drug-likeness (QED) is 0.913. The van der Waals surface area contributed by atoms with Crippen LogP contribution in [0.3, 0.4) is 0 Å². The standard InChI is InChI=1S/C11H9BrFN3O/c12-10-3-8(13)1-2-9(10)11(17)14-4-7-5-15-16-6-7/h1-3,5-6H,4H2,(H,14,17)(H,15,16). The fourth-order valence-electron chi connectivity index (χ4n) is 1.33. The van der Waals surface area contributed by atoms with Crippen molar-refractivity contribution in [2.75, 3.05) is 0 Å². The molecule has 0 radical (unpaired) electrons. The van der Waals surface area contributed by atoms with Crippen molar-refractivity contribution in [3.05, 3.63) is 52.0 Å². The second-order valence-electron chi connectivity index (χ2n) is 3.41. The van der Waals surface area contributed by atoms with E-state index in [4.69, 9.17) is 0 Å². The molecule has 2 rings (SSSR count). The minimum absolute atomic E-state index is 0.266. The van der Waals surface area contributed by atoms with Gasteiger partial charge in [0.2, 0.25) is 0 Å². The van der Waals surface area contributed by atoms with Crippen LogP contribution >= 0.6 is 15.9 Å². The lowest BCUT2D eigenvalue weighted by molar-refractivity contribution is 0.0950. The molecule has 0 aliphatic rings. The predicted molar refractivity (Wildman–Crippen MR) is 63.9 cm³/mol. The summed E-state index contributed by atoms with van der Waals surface area (Å²) in [4.78, 5) is 11.8. The first-order valence-corrected chi connectivity index (χ1v) is 5.67. The molecule has 4 nitrogen and oxygen atoms in total. The van der Waals surface area contributed by atoms with Crippen molar-refractivity contribution in [1.29, 1.82) is 0 Å². The van der Waals surface area contributed by atoms with Gasteiger partial charge in [-0.25, -0.2) is 4.39 Å². The summed E-state index contributed by atoms with van der Waals surface area (Å²) >= 11 is 3.15. The highest BCUT2D eigenvalue weighted by atomic mass is 79.9. The largest absolute Gasteiger partial charge is 0.348 e. The van der Waals surface area contributed by atoms with Crippen molar-refractivity contribution in [1.82, 2.24) is 15.5 Å². The van der Waals surface area contributed by atoms with Crippen LogP contribution in [-0.2, 0) is 6.54 Å². The van der Waals surface area contributed by atoms with Gasteiger partial charge in [-0.15, -0.1) is 0 Å². The number of benzene rings is 1. The van der Waals surface area contributed by atoms with Crippen LogP contribution < -0.4 is 5.32 Å². The maximum atomic E-state index is 12.8. The lowest BCUT2D eigenvalue weighted by atomic mass is 10.2. The summed E-state index contributed by atoms with van der Waals surface area (Å²) in [6.45, 7) is 0.374. The van der Waals surface area contributed by atoms with Crippen molar-refractivity contribution in [2.24, 2.45) is 0 Å². The Kier molecular flexibility index (Phi) is 3.53. The molecule has 88 valence electrons. The van der Waals surface area contributed by atoms with Crippen LogP contribution in [-0.4, -0.2) is 16.1 Å². The summed E-state index contributed by atoms with van der Waals surface area (Å²) in [5.74, 6) is -0.652. The van der Waals surface area contributed by atoms with Gasteiger partial charge in [0.15, 0.2) is 0 Å². The number of nitrogens with zero attached hydrogens (tertiary/aromatic N) is 1. The Bertz CT molecular complexity index is 528. The number of carbonyl (C=O) groups excluding carboxylic acids is 1. The summed E-state index contributed by atoms with van der Waals surface area (Å²) in [5, 5.41) is 9.13. The highest BCUT2D eigenvalue weighted by Crippen LogP contribution is 2.17. The second kappa shape index (κ2) is 5.09. The molecule has 6 heteroatoms. The van der Waals surface area contributed by atoms with E-state index in [1.54, 1.807) is 12.4 Å². The van der Waals surface area contributed by atoms with Gasteiger partial charge in [-0.2, -0.15) is 5.10 Å². The first-order chi connectivity index (χ1) is 8.16. The number of carbonyl (C=O) groups is 1. The molecule has 0 bridgehead atoms. The van der Waals surface area contributed by atoms with Gasteiger partial charge in [-0.3, -0.25) is 9.89 Å². The zero-order chi connectivity index (χ0) is 12.3. The van der Waals surface area contributed by atoms with Crippen LogP contribution in [0.25, 0.3) is 0 Å². The summed E-state index contributed by atoms with van der Waals surface area (Å²) in [6.07, 6.45) is 3.32. The van der Waals surface area contributed by atoms with E-state index in [0.717, 1.165) is 5.56 Å². The highest BCUT2D eigenvalue weighted by Gasteiger charge is 2.10. The minimum Gasteiger partial charge on any atom is -0.348 e. The van der Waals surface area contributed by atoms with Gasteiger partial charge in [-0.05, 0) is 34.1 Å². The molecule has 1 aromatic heterocycles. The Morgan fingerprint density at radius 3 is 3.00 bits per heavy atom. The average molecular weight is 298 g/mol. The lowest BCUT2D eigenvalue weighted by Gasteiger charge is -2.05. The molecule has 1 amide bonds. The molecular weight excluding hydrogens is 289 g/mol. The molecule has 0 saturated heterocycles. The van der Waals surface area contributed by atoms with Crippen molar-refractivity contribution >= 4 is 21.8 Å². The zero-order valence-corrected chi connectivity index (χ0v) is 10.3. The number of aromatic amines is 1. The van der Waals surface area contributed by atoms with Crippen LogP contribution in [0, 0.1) is 5.82 Å². The van der Waals surface area contributed by atoms with E-state index in [1.807, 2.05) is 0 Å². The topological polar surface area (TPSA) is 57.8 Å². The third kappa shape index (κ3) is 2.91. The maximum absolute atomic E-state index is 12.8. The molecule has 0 atom stereocenters. The summed E-state index contributed by atoms with van der Waals surface area (Å²) < 4.78 is 13.3. The molecule has 0 aliphatic heterocycles. The summed E-state index contributed by atoms with van der Waals surface area (Å²) in [5.41, 5.74) is 1.27. The van der Waals surface area contributed by atoms with E-state index in [0.29, 0.717) is 16.6 Å². The normalized spacial score (nSPS) is 10.2. The van der Waals surface area contributed by atoms with Gasteiger partial charge in [0.25, 0.3) is 5.91 Å². The Balaban J connectivity index is 2.04. The smallest absolute Gasteiger partial charge is 0.252 e. The molecule has 0 spiro atoms. The summed E-state index contributed by atoms with van der Waals surface area (Å²) in [6, 6.07) is 3.94. The average Bonchev–Trinajstić information content (AvgIpc) is 2.78. The van der Waals surface area contributed by atoms with Gasteiger partial charge < -0.3 is 5.32 Å². The number of halogens is 2. The summed E-state index contributed by atoms with van der Waals surface area (Å²) in [7, 11) is 0. The van der Waals surface area contributed by atoms with Crippen LogP contribution in [0.5, 0.6) is 0 Å². The number of hydrogen-bond donors (Lipinski definition) is 2. The van der Waals surface area contributed by atoms with Crippen LogP contribution in [0.15, 0.2) is 35.1 Å². The van der Waals surface area contributed by atoms with Gasteiger partial charge in [0, 0.05) is 22.8 Å². The number of H-pyrrole nitrogens is 1. The fourth-order valence-corrected chi connectivity index (χ4v) is 1.86. The van der Waals surface area contributed by atoms with E-state index in [-0.39, 0.29) is 11.7 Å². The third-order valence-electron chi connectivity index (χ3n) is 2.18. The fraction of sp³-hybridized carbons (Fsp3) is 0.0909. The Hall–Kier alpha value is -1.69. The monoisotopic (exact) mass is 297 g/mol. The van der Waals surface area contributed by atoms with E-state index < -0.39 is 0 Å². The molecule has 17 heavy (non-hydrogen) atoms. The lowest BCUT2D eigenvalue weighted by Crippen LogP contribution is -2.23. The predicted octanol–water partition coefficient (Wildman–Crippen LogP) is 2.24. The van der Waals surface area contributed by atoms with Gasteiger partial charge in [-0.1, -0.05) is 0 Å². The molecule has 0 aliphatic carbocycles. The number of aromatic nitrogens is 2. The van der Waals surface area contributed by atoms with E-state index >= 15 is 0 Å². The molecule has 2 aromatic rings. The minimum atomic E-state index is -0.386. The Morgan fingerprint density at radius 1 is 1.53 bits per heavy atom. The van der Waals surface area contributed by atoms with Crippen molar-refractivity contribution in [3.63, 3.8) is 0 Å². The first kappa shape index (κ1) is 11.8. The van der Waals surface area contributed by atoms with Crippen molar-refractivity contribution in [3.8, 4) is 0 Å². The van der Waals surface area contributed by atoms with Gasteiger partial charge >= 0.3 is 0 Å². The van der Waals surface area contributed by atoms with E-state index in [2.05, 4.69) is 31.4 Å². The number of rotatable bonds is 3. The molecular formula is C11H9BrFN3O. The number of hydrogen-bond acceptors (Lipinski definition) is 2. The van der Waals surface area contributed by atoms with E-state index in [9.17, 15) is 9.18 Å². The van der Waals surface area contributed by atoms with Gasteiger partial charge in [0.1, 0.15) is 5.82 Å². The molecule has 0 fully saturated rings. The van der Waals surface area contributed by atoms with Gasteiger partial charge in [0.05, 0.1) is 11.8 Å². The Morgan fingerprint density at radius 2 is 2.35 bits per heavy atom. The molecule has 1 heterocycles.